The molecule has 0 saturated carbocycles. The summed E-state index contributed by atoms with van der Waals surface area (Å²) in [5, 5.41) is 3.37. The molecule has 1 N–H and O–H groups in total. The summed E-state index contributed by atoms with van der Waals surface area (Å²) in [5.74, 6) is 0.418. The number of carbonyl (C=O) groups is 1. The molecule has 2 saturated heterocycles. The summed E-state index contributed by atoms with van der Waals surface area (Å²) in [6.45, 7) is 8.45. The van der Waals surface area contributed by atoms with E-state index in [-0.39, 0.29) is 5.41 Å². The molecule has 3 atom stereocenters. The summed E-state index contributed by atoms with van der Waals surface area (Å²) < 4.78 is 0. The molecule has 17 heavy (non-hydrogen) atoms. The third-order valence-corrected chi connectivity index (χ3v) is 4.87. The lowest BCUT2D eigenvalue weighted by Crippen LogP contribution is -2.49. The van der Waals surface area contributed by atoms with Crippen LogP contribution in [0.4, 0.5) is 0 Å². The van der Waals surface area contributed by atoms with E-state index in [4.69, 9.17) is 0 Å². The maximum Gasteiger partial charge on any atom is 0.230 e. The summed E-state index contributed by atoms with van der Waals surface area (Å²) in [7, 11) is 0. The highest BCUT2D eigenvalue weighted by molar-refractivity contribution is 5.84. The molecule has 2 aliphatic rings. The highest BCUT2D eigenvalue weighted by Gasteiger charge is 2.46. The van der Waals surface area contributed by atoms with Gasteiger partial charge in [0.15, 0.2) is 0 Å². The summed E-state index contributed by atoms with van der Waals surface area (Å²) in [5.41, 5.74) is -0.105. The summed E-state index contributed by atoms with van der Waals surface area (Å²) >= 11 is 0. The van der Waals surface area contributed by atoms with Gasteiger partial charge in [-0.1, -0.05) is 13.8 Å². The highest BCUT2D eigenvalue weighted by Crippen LogP contribution is 2.37. The molecule has 2 fully saturated rings. The van der Waals surface area contributed by atoms with Crippen molar-refractivity contribution in [3.05, 3.63) is 0 Å². The lowest BCUT2D eigenvalue weighted by atomic mass is 9.82. The summed E-state index contributed by atoms with van der Waals surface area (Å²) in [4.78, 5) is 15.1. The first-order valence-corrected chi connectivity index (χ1v) is 7.18. The Morgan fingerprint density at radius 1 is 1.41 bits per heavy atom. The normalized spacial score (nSPS) is 37.7. The number of amides is 1. The van der Waals surface area contributed by atoms with Crippen LogP contribution < -0.4 is 5.32 Å². The van der Waals surface area contributed by atoms with E-state index in [2.05, 4.69) is 31.0 Å². The van der Waals surface area contributed by atoms with E-state index in [1.54, 1.807) is 0 Å². The van der Waals surface area contributed by atoms with Crippen LogP contribution in [-0.2, 0) is 4.79 Å². The van der Waals surface area contributed by atoms with Crippen LogP contribution in [-0.4, -0.2) is 36.0 Å². The summed E-state index contributed by atoms with van der Waals surface area (Å²) in [6.07, 6.45) is 5.46. The van der Waals surface area contributed by atoms with E-state index in [1.165, 1.54) is 12.8 Å². The van der Waals surface area contributed by atoms with Crippen molar-refractivity contribution in [2.24, 2.45) is 5.41 Å². The van der Waals surface area contributed by atoms with E-state index in [1.807, 2.05) is 0 Å². The van der Waals surface area contributed by atoms with Crippen molar-refractivity contribution in [1.82, 2.24) is 10.2 Å². The standard InChI is InChI=1S/C14H26N2O/c1-4-12-7-6-11(3)16(12)13(17)14(5-2)8-9-15-10-14/h11-12,15H,4-10H2,1-3H3. The smallest absolute Gasteiger partial charge is 0.230 e. The van der Waals surface area contributed by atoms with Gasteiger partial charge in [0.2, 0.25) is 5.91 Å². The Kier molecular flexibility index (Phi) is 3.76. The molecule has 0 radical (unpaired) electrons. The molecule has 3 heteroatoms. The predicted octanol–water partition coefficient (Wildman–Crippen LogP) is 2.17. The monoisotopic (exact) mass is 238 g/mol. The number of likely N-dealkylation sites (tertiary alicyclic amines) is 1. The maximum atomic E-state index is 12.9. The van der Waals surface area contributed by atoms with Crippen molar-refractivity contribution in [3.63, 3.8) is 0 Å². The molecule has 3 unspecified atom stereocenters. The van der Waals surface area contributed by atoms with Crippen LogP contribution in [0.5, 0.6) is 0 Å². The van der Waals surface area contributed by atoms with Crippen LogP contribution >= 0.6 is 0 Å². The van der Waals surface area contributed by atoms with Crippen molar-refractivity contribution < 1.29 is 4.79 Å². The molecule has 98 valence electrons. The van der Waals surface area contributed by atoms with E-state index in [9.17, 15) is 4.79 Å². The van der Waals surface area contributed by atoms with Crippen molar-refractivity contribution >= 4 is 5.91 Å². The average molecular weight is 238 g/mol. The Labute approximate surface area is 105 Å². The van der Waals surface area contributed by atoms with Crippen LogP contribution in [0.3, 0.4) is 0 Å². The molecule has 3 nitrogen and oxygen atoms in total. The maximum absolute atomic E-state index is 12.9. The minimum Gasteiger partial charge on any atom is -0.336 e. The molecule has 0 bridgehead atoms. The summed E-state index contributed by atoms with van der Waals surface area (Å²) in [6, 6.07) is 0.929. The van der Waals surface area contributed by atoms with Gasteiger partial charge >= 0.3 is 0 Å². The Hall–Kier alpha value is -0.570. The van der Waals surface area contributed by atoms with Gasteiger partial charge in [-0.3, -0.25) is 4.79 Å². The zero-order valence-corrected chi connectivity index (χ0v) is 11.5. The second kappa shape index (κ2) is 4.97. The van der Waals surface area contributed by atoms with Crippen molar-refractivity contribution in [2.45, 2.75) is 65.0 Å². The number of carbonyl (C=O) groups excluding carboxylic acids is 1. The van der Waals surface area contributed by atoms with Crippen LogP contribution in [0.25, 0.3) is 0 Å². The van der Waals surface area contributed by atoms with Crippen LogP contribution in [0.15, 0.2) is 0 Å². The van der Waals surface area contributed by atoms with Crippen LogP contribution in [0.1, 0.15) is 52.9 Å². The SMILES string of the molecule is CCC1CCC(C)N1C(=O)C1(CC)CCNC1. The topological polar surface area (TPSA) is 32.3 Å². The Balaban J connectivity index is 2.17. The quantitative estimate of drug-likeness (QED) is 0.817. The van der Waals surface area contributed by atoms with Crippen molar-refractivity contribution in [3.8, 4) is 0 Å². The van der Waals surface area contributed by atoms with Crippen molar-refractivity contribution in [2.75, 3.05) is 13.1 Å². The highest BCUT2D eigenvalue weighted by atomic mass is 16.2. The van der Waals surface area contributed by atoms with Gasteiger partial charge < -0.3 is 10.2 Å². The van der Waals surface area contributed by atoms with Gasteiger partial charge in [-0.05, 0) is 45.6 Å². The fourth-order valence-electron chi connectivity index (χ4n) is 3.49. The number of nitrogens with one attached hydrogen (secondary N) is 1. The number of hydrogen-bond acceptors (Lipinski definition) is 2. The van der Waals surface area contributed by atoms with Gasteiger partial charge in [0.1, 0.15) is 0 Å². The fraction of sp³-hybridized carbons (Fsp3) is 0.929. The molecule has 0 spiro atoms. The second-order valence-corrected chi connectivity index (χ2v) is 5.76. The lowest BCUT2D eigenvalue weighted by Gasteiger charge is -2.36. The third-order valence-electron chi connectivity index (χ3n) is 4.87. The minimum atomic E-state index is -0.105. The van der Waals surface area contributed by atoms with Crippen molar-refractivity contribution in [1.29, 1.82) is 0 Å². The van der Waals surface area contributed by atoms with Gasteiger partial charge in [0.05, 0.1) is 5.41 Å². The molecule has 1 amide bonds. The Morgan fingerprint density at radius 2 is 2.18 bits per heavy atom. The molecule has 0 aromatic rings. The first-order valence-electron chi connectivity index (χ1n) is 7.18. The number of hydrogen-bond donors (Lipinski definition) is 1. The molecule has 2 aliphatic heterocycles. The van der Waals surface area contributed by atoms with Gasteiger partial charge in [-0.2, -0.15) is 0 Å². The molecular formula is C14H26N2O. The van der Waals surface area contributed by atoms with Gasteiger partial charge in [-0.15, -0.1) is 0 Å². The molecule has 2 heterocycles. The molecule has 0 aromatic carbocycles. The average Bonchev–Trinajstić information content (AvgIpc) is 2.95. The molecule has 0 aromatic heterocycles. The Bertz CT molecular complexity index is 284. The van der Waals surface area contributed by atoms with Gasteiger partial charge in [0, 0.05) is 18.6 Å². The lowest BCUT2D eigenvalue weighted by molar-refractivity contribution is -0.144. The zero-order valence-electron chi connectivity index (χ0n) is 11.5. The minimum absolute atomic E-state index is 0.105. The number of rotatable bonds is 3. The number of nitrogens with zero attached hydrogens (tertiary/aromatic N) is 1. The van der Waals surface area contributed by atoms with E-state index in [0.29, 0.717) is 18.0 Å². The fourth-order valence-corrected chi connectivity index (χ4v) is 3.49. The Morgan fingerprint density at radius 3 is 2.71 bits per heavy atom. The van der Waals surface area contributed by atoms with E-state index in [0.717, 1.165) is 32.4 Å². The van der Waals surface area contributed by atoms with Gasteiger partial charge in [0.25, 0.3) is 0 Å². The van der Waals surface area contributed by atoms with E-state index < -0.39 is 0 Å². The van der Waals surface area contributed by atoms with Crippen LogP contribution in [0, 0.1) is 5.41 Å². The molecule has 2 rings (SSSR count). The first-order chi connectivity index (χ1) is 8.14. The molecule has 0 aliphatic carbocycles. The van der Waals surface area contributed by atoms with E-state index >= 15 is 0 Å². The zero-order chi connectivity index (χ0) is 12.5. The second-order valence-electron chi connectivity index (χ2n) is 5.76. The predicted molar refractivity (Wildman–Crippen MR) is 69.8 cm³/mol. The third kappa shape index (κ3) is 2.10. The molecular weight excluding hydrogens is 212 g/mol. The first kappa shape index (κ1) is 12.9. The largest absolute Gasteiger partial charge is 0.336 e. The van der Waals surface area contributed by atoms with Gasteiger partial charge in [-0.25, -0.2) is 0 Å². The van der Waals surface area contributed by atoms with Crippen LogP contribution in [0.2, 0.25) is 0 Å².